The third-order valence-corrected chi connectivity index (χ3v) is 9.39. The lowest BCUT2D eigenvalue weighted by Gasteiger charge is -2.08. The Morgan fingerprint density at radius 2 is 0.741 bits per heavy atom. The van der Waals surface area contributed by atoms with Gasteiger partial charge in [-0.1, -0.05) is 166 Å². The van der Waals surface area contributed by atoms with E-state index >= 15 is 0 Å². The lowest BCUT2D eigenvalue weighted by Crippen LogP contribution is -2.08. The molecule has 294 valence electrons. The molecule has 0 aliphatic heterocycles. The van der Waals surface area contributed by atoms with Crippen LogP contribution in [0.15, 0.2) is 84.9 Å². The number of benzene rings is 3. The molecule has 0 saturated heterocycles. The monoisotopic (exact) mass is 738 g/mol. The summed E-state index contributed by atoms with van der Waals surface area (Å²) in [5, 5.41) is 0. The van der Waals surface area contributed by atoms with Gasteiger partial charge in [0, 0.05) is 12.2 Å². The van der Waals surface area contributed by atoms with Gasteiger partial charge < -0.3 is 18.9 Å². The van der Waals surface area contributed by atoms with Crippen LogP contribution < -0.4 is 18.9 Å². The molecule has 3 rings (SSSR count). The van der Waals surface area contributed by atoms with Gasteiger partial charge >= 0.3 is 11.9 Å². The molecular formula is C48H66O6. The van der Waals surface area contributed by atoms with Gasteiger partial charge in [-0.25, -0.2) is 9.59 Å². The standard InChI is InChI=1S/C48H66O6/c1-3-5-7-9-11-13-15-17-19-23-39-51-43-33-27-41(28-34-43)31-37-47(49)53-45-25-21-22-26-46(45)54-48(50)38-32-42-29-35-44(36-30-42)52-40-24-20-18-16-14-12-10-8-6-4-2/h21-22,25-38H,3-20,23-24,39-40H2,1-2H3/b37-31+,38-32+. The van der Waals surface area contributed by atoms with Gasteiger partial charge in [0.25, 0.3) is 0 Å². The van der Waals surface area contributed by atoms with E-state index in [1.54, 1.807) is 36.4 Å². The van der Waals surface area contributed by atoms with Crippen LogP contribution in [0.1, 0.15) is 153 Å². The zero-order valence-corrected chi connectivity index (χ0v) is 33.2. The van der Waals surface area contributed by atoms with Crippen molar-refractivity contribution in [3.63, 3.8) is 0 Å². The molecule has 0 aromatic heterocycles. The highest BCUT2D eigenvalue weighted by Crippen LogP contribution is 2.27. The highest BCUT2D eigenvalue weighted by molar-refractivity contribution is 5.91. The number of para-hydroxylation sites is 2. The molecular weight excluding hydrogens is 673 g/mol. The summed E-state index contributed by atoms with van der Waals surface area (Å²) in [5.41, 5.74) is 1.69. The van der Waals surface area contributed by atoms with Crippen molar-refractivity contribution < 1.29 is 28.5 Å². The Kier molecular flexibility index (Phi) is 23.7. The first-order valence-corrected chi connectivity index (χ1v) is 20.9. The zero-order chi connectivity index (χ0) is 38.3. The second-order valence-electron chi connectivity index (χ2n) is 14.2. The van der Waals surface area contributed by atoms with Gasteiger partial charge in [-0.15, -0.1) is 0 Å². The molecule has 0 bridgehead atoms. The molecule has 0 radical (unpaired) electrons. The highest BCUT2D eigenvalue weighted by atomic mass is 16.6. The molecule has 3 aromatic carbocycles. The molecule has 0 spiro atoms. The van der Waals surface area contributed by atoms with E-state index < -0.39 is 11.9 Å². The SMILES string of the molecule is CCCCCCCCCCCCOc1ccc(/C=C/C(=O)Oc2ccccc2OC(=O)/C=C/c2ccc(OCCCCCCCCCCCC)cc2)cc1. The highest BCUT2D eigenvalue weighted by Gasteiger charge is 2.11. The summed E-state index contributed by atoms with van der Waals surface area (Å²) in [6, 6.07) is 21.9. The summed E-state index contributed by atoms with van der Waals surface area (Å²) < 4.78 is 22.8. The van der Waals surface area contributed by atoms with Gasteiger partial charge in [-0.3, -0.25) is 0 Å². The maximum Gasteiger partial charge on any atom is 0.336 e. The zero-order valence-electron chi connectivity index (χ0n) is 33.2. The third kappa shape index (κ3) is 20.8. The van der Waals surface area contributed by atoms with E-state index in [9.17, 15) is 9.59 Å². The molecule has 0 heterocycles. The molecule has 0 fully saturated rings. The van der Waals surface area contributed by atoms with E-state index in [1.165, 1.54) is 128 Å². The topological polar surface area (TPSA) is 71.1 Å². The minimum atomic E-state index is -0.578. The van der Waals surface area contributed by atoms with Gasteiger partial charge in [-0.05, 0) is 72.5 Å². The van der Waals surface area contributed by atoms with E-state index in [0.29, 0.717) is 13.2 Å². The normalized spacial score (nSPS) is 11.3. The van der Waals surface area contributed by atoms with Crippen LogP contribution in [0.25, 0.3) is 12.2 Å². The van der Waals surface area contributed by atoms with E-state index in [1.807, 2.05) is 48.5 Å². The van der Waals surface area contributed by atoms with Crippen molar-refractivity contribution in [2.75, 3.05) is 13.2 Å². The Hall–Kier alpha value is -4.32. The van der Waals surface area contributed by atoms with E-state index in [-0.39, 0.29) is 11.5 Å². The number of carbonyl (C=O) groups excluding carboxylic acids is 2. The summed E-state index contributed by atoms with van der Waals surface area (Å²) in [4.78, 5) is 25.3. The molecule has 6 heteroatoms. The van der Waals surface area contributed by atoms with Crippen molar-refractivity contribution in [1.29, 1.82) is 0 Å². The minimum Gasteiger partial charge on any atom is -0.494 e. The molecule has 0 amide bonds. The molecule has 6 nitrogen and oxygen atoms in total. The second-order valence-corrected chi connectivity index (χ2v) is 14.2. The summed E-state index contributed by atoms with van der Waals surface area (Å²) in [6.45, 7) is 5.93. The van der Waals surface area contributed by atoms with Crippen LogP contribution in [0.2, 0.25) is 0 Å². The summed E-state index contributed by atoms with van der Waals surface area (Å²) in [6.07, 6.45) is 32.0. The van der Waals surface area contributed by atoms with Crippen molar-refractivity contribution in [3.8, 4) is 23.0 Å². The van der Waals surface area contributed by atoms with E-state index in [2.05, 4.69) is 13.8 Å². The third-order valence-electron chi connectivity index (χ3n) is 9.39. The van der Waals surface area contributed by atoms with Crippen LogP contribution in [0.4, 0.5) is 0 Å². The molecule has 0 atom stereocenters. The van der Waals surface area contributed by atoms with Gasteiger partial charge in [0.2, 0.25) is 0 Å². The van der Waals surface area contributed by atoms with Gasteiger partial charge in [0.1, 0.15) is 11.5 Å². The first-order chi connectivity index (χ1) is 26.6. The molecule has 0 N–H and O–H groups in total. The van der Waals surface area contributed by atoms with Crippen LogP contribution in [0.3, 0.4) is 0 Å². The predicted molar refractivity (Wildman–Crippen MR) is 223 cm³/mol. The summed E-state index contributed by atoms with van der Waals surface area (Å²) in [5.74, 6) is 0.797. The largest absolute Gasteiger partial charge is 0.494 e. The molecule has 0 aliphatic carbocycles. The fourth-order valence-electron chi connectivity index (χ4n) is 6.14. The molecule has 0 saturated carbocycles. The number of esters is 2. The average Bonchev–Trinajstić information content (AvgIpc) is 3.19. The Morgan fingerprint density at radius 1 is 0.426 bits per heavy atom. The molecule has 0 unspecified atom stereocenters. The quantitative estimate of drug-likeness (QED) is 0.0293. The molecule has 54 heavy (non-hydrogen) atoms. The maximum absolute atomic E-state index is 12.6. The van der Waals surface area contributed by atoms with Gasteiger partial charge in [0.05, 0.1) is 13.2 Å². The van der Waals surface area contributed by atoms with Gasteiger partial charge in [0.15, 0.2) is 11.5 Å². The second kappa shape index (κ2) is 29.1. The Balaban J connectivity index is 1.31. The fourth-order valence-corrected chi connectivity index (χ4v) is 6.14. The first kappa shape index (κ1) is 44.1. The smallest absolute Gasteiger partial charge is 0.336 e. The first-order valence-electron chi connectivity index (χ1n) is 20.9. The van der Waals surface area contributed by atoms with Crippen molar-refractivity contribution in [2.45, 2.75) is 142 Å². The van der Waals surface area contributed by atoms with Crippen LogP contribution in [-0.4, -0.2) is 25.2 Å². The summed E-state index contributed by atoms with van der Waals surface area (Å²) in [7, 11) is 0. The maximum atomic E-state index is 12.6. The van der Waals surface area contributed by atoms with Crippen LogP contribution >= 0.6 is 0 Å². The lowest BCUT2D eigenvalue weighted by molar-refractivity contribution is -0.131. The Bertz CT molecular complexity index is 1360. The van der Waals surface area contributed by atoms with Crippen LogP contribution in [0, 0.1) is 0 Å². The van der Waals surface area contributed by atoms with Crippen molar-refractivity contribution in [3.05, 3.63) is 96.1 Å². The van der Waals surface area contributed by atoms with Crippen LogP contribution in [0.5, 0.6) is 23.0 Å². The minimum absolute atomic E-state index is 0.161. The Labute approximate surface area is 326 Å². The summed E-state index contributed by atoms with van der Waals surface area (Å²) >= 11 is 0. The Morgan fingerprint density at radius 3 is 1.07 bits per heavy atom. The number of unbranched alkanes of at least 4 members (excludes halogenated alkanes) is 18. The van der Waals surface area contributed by atoms with Crippen molar-refractivity contribution in [1.82, 2.24) is 0 Å². The number of hydrogen-bond donors (Lipinski definition) is 0. The predicted octanol–water partition coefficient (Wildman–Crippen LogP) is 13.5. The molecule has 0 aliphatic rings. The van der Waals surface area contributed by atoms with Crippen molar-refractivity contribution in [2.24, 2.45) is 0 Å². The van der Waals surface area contributed by atoms with E-state index in [4.69, 9.17) is 18.9 Å². The van der Waals surface area contributed by atoms with Crippen molar-refractivity contribution >= 4 is 24.1 Å². The van der Waals surface area contributed by atoms with Gasteiger partial charge in [-0.2, -0.15) is 0 Å². The molecule has 3 aromatic rings. The number of carbonyl (C=O) groups is 2. The number of rotatable bonds is 30. The number of hydrogen-bond acceptors (Lipinski definition) is 6. The number of ether oxygens (including phenoxy) is 4. The lowest BCUT2D eigenvalue weighted by atomic mass is 10.1. The average molecular weight is 739 g/mol. The van der Waals surface area contributed by atoms with E-state index in [0.717, 1.165) is 35.5 Å². The van der Waals surface area contributed by atoms with Crippen LogP contribution in [-0.2, 0) is 9.59 Å². The fraction of sp³-hybridized carbons (Fsp3) is 0.500.